The highest BCUT2D eigenvalue weighted by molar-refractivity contribution is 7.80. The van der Waals surface area contributed by atoms with Gasteiger partial charge < -0.3 is 15.1 Å². The number of rotatable bonds is 5. The minimum absolute atomic E-state index is 0.175. The second kappa shape index (κ2) is 5.84. The Morgan fingerprint density at radius 1 is 1.42 bits per heavy atom. The van der Waals surface area contributed by atoms with Gasteiger partial charge in [0, 0.05) is 11.9 Å². The molecule has 0 fully saturated rings. The van der Waals surface area contributed by atoms with Crippen molar-refractivity contribution in [3.05, 3.63) is 36.1 Å². The fourth-order valence-electron chi connectivity index (χ4n) is 1.95. The van der Waals surface area contributed by atoms with E-state index in [9.17, 15) is 4.79 Å². The molecule has 0 atom stereocenters. The van der Waals surface area contributed by atoms with Gasteiger partial charge in [0.15, 0.2) is 5.76 Å². The number of para-hydroxylation sites is 1. The van der Waals surface area contributed by atoms with Crippen LogP contribution in [0.1, 0.15) is 23.9 Å². The third-order valence-corrected chi connectivity index (χ3v) is 2.89. The van der Waals surface area contributed by atoms with Gasteiger partial charge in [-0.1, -0.05) is 37.3 Å². The van der Waals surface area contributed by atoms with E-state index in [0.29, 0.717) is 22.9 Å². The molecule has 19 heavy (non-hydrogen) atoms. The van der Waals surface area contributed by atoms with Crippen molar-refractivity contribution in [2.75, 3.05) is 13.1 Å². The van der Waals surface area contributed by atoms with Gasteiger partial charge in [-0.25, -0.2) is 0 Å². The van der Waals surface area contributed by atoms with E-state index in [0.717, 1.165) is 11.8 Å². The molecule has 0 saturated heterocycles. The highest BCUT2D eigenvalue weighted by Crippen LogP contribution is 2.20. The zero-order valence-corrected chi connectivity index (χ0v) is 11.6. The summed E-state index contributed by atoms with van der Waals surface area (Å²) in [6.45, 7) is 2.88. The van der Waals surface area contributed by atoms with Gasteiger partial charge in [-0.2, -0.15) is 0 Å². The number of furan rings is 1. The summed E-state index contributed by atoms with van der Waals surface area (Å²) in [5.74, 6) is 0.150. The van der Waals surface area contributed by atoms with Crippen LogP contribution < -0.4 is 5.73 Å². The first-order valence-electron chi connectivity index (χ1n) is 6.18. The van der Waals surface area contributed by atoms with Crippen LogP contribution >= 0.6 is 12.2 Å². The zero-order chi connectivity index (χ0) is 13.8. The van der Waals surface area contributed by atoms with E-state index in [2.05, 4.69) is 0 Å². The summed E-state index contributed by atoms with van der Waals surface area (Å²) < 4.78 is 5.56. The summed E-state index contributed by atoms with van der Waals surface area (Å²) in [5, 5.41) is 0.914. The Balaban J connectivity index is 2.27. The first kappa shape index (κ1) is 13.5. The Bertz CT molecular complexity index is 573. The maximum absolute atomic E-state index is 12.4. The fourth-order valence-corrected chi connectivity index (χ4v) is 2.11. The van der Waals surface area contributed by atoms with Crippen molar-refractivity contribution >= 4 is 34.1 Å². The molecule has 0 spiro atoms. The second-order valence-corrected chi connectivity index (χ2v) is 4.87. The molecule has 2 aromatic rings. The third-order valence-electron chi connectivity index (χ3n) is 2.76. The Morgan fingerprint density at radius 2 is 2.16 bits per heavy atom. The van der Waals surface area contributed by atoms with Crippen LogP contribution in [0.3, 0.4) is 0 Å². The molecule has 0 aliphatic carbocycles. The lowest BCUT2D eigenvalue weighted by molar-refractivity contribution is 0.0750. The van der Waals surface area contributed by atoms with Crippen molar-refractivity contribution in [1.82, 2.24) is 4.90 Å². The molecule has 4 nitrogen and oxygen atoms in total. The normalized spacial score (nSPS) is 10.6. The Labute approximate surface area is 117 Å². The Morgan fingerprint density at radius 3 is 2.79 bits per heavy atom. The van der Waals surface area contributed by atoms with Crippen molar-refractivity contribution in [3.63, 3.8) is 0 Å². The lowest BCUT2D eigenvalue weighted by Gasteiger charge is -2.19. The van der Waals surface area contributed by atoms with Gasteiger partial charge in [0.1, 0.15) is 5.58 Å². The topological polar surface area (TPSA) is 59.5 Å². The number of fused-ring (bicyclic) bond motifs is 1. The van der Waals surface area contributed by atoms with E-state index < -0.39 is 0 Å². The van der Waals surface area contributed by atoms with Gasteiger partial charge in [-0.15, -0.1) is 0 Å². The largest absolute Gasteiger partial charge is 0.451 e. The standard InChI is InChI=1S/C14H16N2O2S/c1-2-7-16(9-13(15)19)14(17)12-8-10-5-3-4-6-11(10)18-12/h3-6,8H,2,7,9H2,1H3,(H2,15,19). The number of thiocarbonyl (C=S) groups is 1. The van der Waals surface area contributed by atoms with Crippen molar-refractivity contribution in [2.45, 2.75) is 13.3 Å². The molecule has 0 aliphatic heterocycles. The van der Waals surface area contributed by atoms with Crippen molar-refractivity contribution in [2.24, 2.45) is 5.73 Å². The molecule has 0 saturated carbocycles. The number of amides is 1. The van der Waals surface area contributed by atoms with Crippen molar-refractivity contribution in [1.29, 1.82) is 0 Å². The molecule has 0 aliphatic rings. The summed E-state index contributed by atoms with van der Waals surface area (Å²) in [4.78, 5) is 14.3. The van der Waals surface area contributed by atoms with Crippen LogP contribution in [0.25, 0.3) is 11.0 Å². The Kier molecular flexibility index (Phi) is 4.16. The van der Waals surface area contributed by atoms with Crippen LogP contribution in [0.2, 0.25) is 0 Å². The number of nitrogens with zero attached hydrogens (tertiary/aromatic N) is 1. The highest BCUT2D eigenvalue weighted by atomic mass is 32.1. The number of hydrogen-bond acceptors (Lipinski definition) is 3. The van der Waals surface area contributed by atoms with Gasteiger partial charge in [0.25, 0.3) is 5.91 Å². The summed E-state index contributed by atoms with van der Waals surface area (Å²) in [6.07, 6.45) is 0.842. The van der Waals surface area contributed by atoms with Gasteiger partial charge in [-0.05, 0) is 18.6 Å². The second-order valence-electron chi connectivity index (χ2n) is 4.34. The minimum atomic E-state index is -0.175. The van der Waals surface area contributed by atoms with Crippen LogP contribution in [0.5, 0.6) is 0 Å². The molecule has 2 N–H and O–H groups in total. The van der Waals surface area contributed by atoms with E-state index in [1.807, 2.05) is 31.2 Å². The van der Waals surface area contributed by atoms with E-state index in [1.54, 1.807) is 11.0 Å². The maximum atomic E-state index is 12.4. The number of hydrogen-bond donors (Lipinski definition) is 1. The monoisotopic (exact) mass is 276 g/mol. The minimum Gasteiger partial charge on any atom is -0.451 e. The molecule has 1 amide bonds. The lowest BCUT2D eigenvalue weighted by Crippen LogP contribution is -2.38. The molecule has 0 bridgehead atoms. The summed E-state index contributed by atoms with van der Waals surface area (Å²) in [5.41, 5.74) is 6.23. The zero-order valence-electron chi connectivity index (χ0n) is 10.8. The molecule has 1 aromatic carbocycles. The molecule has 0 radical (unpaired) electrons. The lowest BCUT2D eigenvalue weighted by atomic mass is 10.2. The first-order valence-corrected chi connectivity index (χ1v) is 6.58. The van der Waals surface area contributed by atoms with E-state index in [-0.39, 0.29) is 12.5 Å². The molecule has 5 heteroatoms. The third kappa shape index (κ3) is 3.12. The van der Waals surface area contributed by atoms with Crippen LogP contribution in [0, 0.1) is 0 Å². The first-order chi connectivity index (χ1) is 9.11. The predicted molar refractivity (Wildman–Crippen MR) is 79.2 cm³/mol. The highest BCUT2D eigenvalue weighted by Gasteiger charge is 2.19. The molecule has 100 valence electrons. The van der Waals surface area contributed by atoms with Crippen molar-refractivity contribution < 1.29 is 9.21 Å². The van der Waals surface area contributed by atoms with E-state index in [1.165, 1.54) is 0 Å². The molecule has 1 aromatic heterocycles. The van der Waals surface area contributed by atoms with Crippen molar-refractivity contribution in [3.8, 4) is 0 Å². The molecule has 2 rings (SSSR count). The summed E-state index contributed by atoms with van der Waals surface area (Å²) in [6, 6.07) is 9.28. The smallest absolute Gasteiger partial charge is 0.289 e. The van der Waals surface area contributed by atoms with Crippen LogP contribution in [-0.2, 0) is 0 Å². The average molecular weight is 276 g/mol. The number of carbonyl (C=O) groups is 1. The summed E-state index contributed by atoms with van der Waals surface area (Å²) in [7, 11) is 0. The number of nitrogens with two attached hydrogens (primary N) is 1. The molecular formula is C14H16N2O2S. The van der Waals surface area contributed by atoms with Gasteiger partial charge >= 0.3 is 0 Å². The van der Waals surface area contributed by atoms with Crippen LogP contribution in [0.4, 0.5) is 0 Å². The van der Waals surface area contributed by atoms with E-state index in [4.69, 9.17) is 22.4 Å². The Hall–Kier alpha value is -1.88. The SMILES string of the molecule is CCCN(CC(N)=S)C(=O)c1cc2ccccc2o1. The number of benzene rings is 1. The van der Waals surface area contributed by atoms with Crippen LogP contribution in [0.15, 0.2) is 34.7 Å². The molecular weight excluding hydrogens is 260 g/mol. The van der Waals surface area contributed by atoms with Gasteiger partial charge in [0.2, 0.25) is 0 Å². The maximum Gasteiger partial charge on any atom is 0.289 e. The predicted octanol–water partition coefficient (Wildman–Crippen LogP) is 2.57. The average Bonchev–Trinajstić information content (AvgIpc) is 2.80. The molecule has 1 heterocycles. The van der Waals surface area contributed by atoms with Gasteiger partial charge in [-0.3, -0.25) is 4.79 Å². The fraction of sp³-hybridized carbons (Fsp3) is 0.286. The molecule has 0 unspecified atom stereocenters. The van der Waals surface area contributed by atoms with Crippen LogP contribution in [-0.4, -0.2) is 28.9 Å². The van der Waals surface area contributed by atoms with E-state index >= 15 is 0 Å². The number of carbonyl (C=O) groups excluding carboxylic acids is 1. The summed E-state index contributed by atoms with van der Waals surface area (Å²) >= 11 is 4.87. The quantitative estimate of drug-likeness (QED) is 0.853. The van der Waals surface area contributed by atoms with Gasteiger partial charge in [0.05, 0.1) is 11.5 Å².